The minimum Gasteiger partial charge on any atom is -0.369 e. The Labute approximate surface area is 103 Å². The second kappa shape index (κ2) is 6.17. The maximum atomic E-state index is 6.03. The monoisotopic (exact) mass is 237 g/mol. The highest BCUT2D eigenvalue weighted by Crippen LogP contribution is 2.21. The molecule has 1 heterocycles. The summed E-state index contributed by atoms with van der Waals surface area (Å²) in [6, 6.07) is 0.508. The first-order valence-corrected chi connectivity index (χ1v) is 6.64. The lowest BCUT2D eigenvalue weighted by Crippen LogP contribution is -2.41. The Morgan fingerprint density at radius 3 is 3.06 bits per heavy atom. The van der Waals surface area contributed by atoms with Gasteiger partial charge >= 0.3 is 0 Å². The molecule has 0 saturated heterocycles. The van der Waals surface area contributed by atoms with Gasteiger partial charge in [-0.05, 0) is 26.8 Å². The lowest BCUT2D eigenvalue weighted by molar-refractivity contribution is -0.00757. The maximum absolute atomic E-state index is 6.03. The number of hydrogen-bond acceptors (Lipinski definition) is 3. The molecule has 0 amide bonds. The van der Waals surface area contributed by atoms with Crippen molar-refractivity contribution in [2.75, 3.05) is 7.05 Å². The summed E-state index contributed by atoms with van der Waals surface area (Å²) in [5.41, 5.74) is 0. The zero-order valence-electron chi connectivity index (χ0n) is 10.9. The van der Waals surface area contributed by atoms with Gasteiger partial charge in [-0.3, -0.25) is 0 Å². The number of likely N-dealkylation sites (N-methyl/N-ethyl adjacent to an activating group) is 1. The van der Waals surface area contributed by atoms with Crippen LogP contribution in [-0.2, 0) is 17.9 Å². The van der Waals surface area contributed by atoms with Crippen molar-refractivity contribution in [1.82, 2.24) is 14.9 Å². The number of rotatable bonds is 5. The van der Waals surface area contributed by atoms with Crippen LogP contribution < -0.4 is 5.32 Å². The zero-order valence-corrected chi connectivity index (χ0v) is 10.9. The molecular weight excluding hydrogens is 214 g/mol. The molecular formula is C13H23N3O. The first kappa shape index (κ1) is 12.6. The van der Waals surface area contributed by atoms with E-state index < -0.39 is 0 Å². The summed E-state index contributed by atoms with van der Waals surface area (Å²) < 4.78 is 8.16. The van der Waals surface area contributed by atoms with Gasteiger partial charge in [-0.2, -0.15) is 0 Å². The fourth-order valence-corrected chi connectivity index (χ4v) is 2.58. The van der Waals surface area contributed by atoms with Crippen molar-refractivity contribution in [2.45, 2.75) is 57.9 Å². The average molecular weight is 237 g/mol. The molecule has 1 aromatic rings. The third-order valence-electron chi connectivity index (χ3n) is 3.64. The van der Waals surface area contributed by atoms with Crippen LogP contribution >= 0.6 is 0 Å². The Morgan fingerprint density at radius 2 is 2.29 bits per heavy atom. The molecule has 1 fully saturated rings. The Morgan fingerprint density at radius 1 is 1.47 bits per heavy atom. The summed E-state index contributed by atoms with van der Waals surface area (Å²) in [6.07, 6.45) is 9.19. The molecule has 2 atom stereocenters. The second-order valence-electron chi connectivity index (χ2n) is 4.66. The molecule has 0 aromatic carbocycles. The van der Waals surface area contributed by atoms with Crippen molar-refractivity contribution in [3.8, 4) is 0 Å². The molecule has 96 valence electrons. The Hall–Kier alpha value is -0.870. The van der Waals surface area contributed by atoms with Gasteiger partial charge in [-0.1, -0.05) is 12.8 Å². The van der Waals surface area contributed by atoms with Gasteiger partial charge in [0.25, 0.3) is 0 Å². The van der Waals surface area contributed by atoms with Crippen LogP contribution in [0.1, 0.15) is 38.4 Å². The number of aromatic nitrogens is 2. The molecule has 2 rings (SSSR count). The third-order valence-corrected chi connectivity index (χ3v) is 3.64. The van der Waals surface area contributed by atoms with Crippen LogP contribution in [0.4, 0.5) is 0 Å². The number of imidazole rings is 1. The van der Waals surface area contributed by atoms with Crippen molar-refractivity contribution in [3.63, 3.8) is 0 Å². The molecule has 1 saturated carbocycles. The summed E-state index contributed by atoms with van der Waals surface area (Å²) in [5, 5.41) is 3.36. The predicted octanol–water partition coefficient (Wildman–Crippen LogP) is 1.95. The van der Waals surface area contributed by atoms with Crippen molar-refractivity contribution in [2.24, 2.45) is 0 Å². The molecule has 4 heteroatoms. The number of hydrogen-bond donors (Lipinski definition) is 1. The van der Waals surface area contributed by atoms with Gasteiger partial charge < -0.3 is 14.6 Å². The van der Waals surface area contributed by atoms with Crippen molar-refractivity contribution in [1.29, 1.82) is 0 Å². The highest BCUT2D eigenvalue weighted by atomic mass is 16.5. The topological polar surface area (TPSA) is 39.1 Å². The van der Waals surface area contributed by atoms with Crippen LogP contribution in [0.25, 0.3) is 0 Å². The molecule has 0 bridgehead atoms. The smallest absolute Gasteiger partial charge is 0.134 e. The number of nitrogens with one attached hydrogen (secondary N) is 1. The minimum atomic E-state index is 0.343. The van der Waals surface area contributed by atoms with Crippen LogP contribution in [0.2, 0.25) is 0 Å². The first-order valence-electron chi connectivity index (χ1n) is 6.64. The molecule has 1 N–H and O–H groups in total. The molecule has 17 heavy (non-hydrogen) atoms. The fraction of sp³-hybridized carbons (Fsp3) is 0.769. The number of ether oxygens (including phenoxy) is 1. The van der Waals surface area contributed by atoms with E-state index in [4.69, 9.17) is 4.74 Å². The standard InChI is InChI=1S/C13H23N3O/c1-3-16-9-8-15-13(16)10-17-12-7-5-4-6-11(12)14-2/h8-9,11-12,14H,3-7,10H2,1-2H3. The fourth-order valence-electron chi connectivity index (χ4n) is 2.58. The van der Waals surface area contributed by atoms with Crippen LogP contribution in [0.5, 0.6) is 0 Å². The van der Waals surface area contributed by atoms with E-state index in [0.717, 1.165) is 12.4 Å². The molecule has 0 aliphatic heterocycles. The summed E-state index contributed by atoms with van der Waals surface area (Å²) in [7, 11) is 2.03. The van der Waals surface area contributed by atoms with E-state index in [1.54, 1.807) is 0 Å². The minimum absolute atomic E-state index is 0.343. The molecule has 1 aliphatic rings. The summed E-state index contributed by atoms with van der Waals surface area (Å²) in [4.78, 5) is 4.34. The van der Waals surface area contributed by atoms with E-state index in [0.29, 0.717) is 18.8 Å². The SMILES string of the molecule is CCn1ccnc1COC1CCCCC1NC. The number of nitrogens with zero attached hydrogens (tertiary/aromatic N) is 2. The molecule has 0 spiro atoms. The normalized spacial score (nSPS) is 25.1. The molecule has 1 aliphatic carbocycles. The lowest BCUT2D eigenvalue weighted by Gasteiger charge is -2.31. The summed E-state index contributed by atoms with van der Waals surface area (Å²) >= 11 is 0. The molecule has 0 radical (unpaired) electrons. The van der Waals surface area contributed by atoms with Crippen molar-refractivity contribution < 1.29 is 4.74 Å². The van der Waals surface area contributed by atoms with E-state index in [1.165, 1.54) is 25.7 Å². The van der Waals surface area contributed by atoms with Gasteiger partial charge in [0.2, 0.25) is 0 Å². The zero-order chi connectivity index (χ0) is 12.1. The van der Waals surface area contributed by atoms with Crippen molar-refractivity contribution >= 4 is 0 Å². The summed E-state index contributed by atoms with van der Waals surface area (Å²) in [6.45, 7) is 3.71. The van der Waals surface area contributed by atoms with Gasteiger partial charge in [0.15, 0.2) is 0 Å². The van der Waals surface area contributed by atoms with Gasteiger partial charge in [-0.15, -0.1) is 0 Å². The van der Waals surface area contributed by atoms with E-state index in [2.05, 4.69) is 21.8 Å². The highest BCUT2D eigenvalue weighted by Gasteiger charge is 2.24. The van der Waals surface area contributed by atoms with Gasteiger partial charge in [-0.25, -0.2) is 4.98 Å². The molecule has 1 aromatic heterocycles. The maximum Gasteiger partial charge on any atom is 0.134 e. The Balaban J connectivity index is 1.88. The first-order chi connectivity index (χ1) is 8.35. The van der Waals surface area contributed by atoms with Crippen LogP contribution in [0.3, 0.4) is 0 Å². The average Bonchev–Trinajstić information content (AvgIpc) is 2.84. The lowest BCUT2D eigenvalue weighted by atomic mass is 9.92. The quantitative estimate of drug-likeness (QED) is 0.850. The highest BCUT2D eigenvalue weighted by molar-refractivity contribution is 4.91. The van der Waals surface area contributed by atoms with E-state index in [1.807, 2.05) is 19.4 Å². The van der Waals surface area contributed by atoms with E-state index in [9.17, 15) is 0 Å². The Bertz CT molecular complexity index is 337. The van der Waals surface area contributed by atoms with Crippen molar-refractivity contribution in [3.05, 3.63) is 18.2 Å². The van der Waals surface area contributed by atoms with Crippen LogP contribution in [-0.4, -0.2) is 28.7 Å². The van der Waals surface area contributed by atoms with Gasteiger partial charge in [0.05, 0.1) is 6.10 Å². The largest absolute Gasteiger partial charge is 0.369 e. The van der Waals surface area contributed by atoms with Gasteiger partial charge in [0.1, 0.15) is 12.4 Å². The van der Waals surface area contributed by atoms with E-state index >= 15 is 0 Å². The molecule has 2 unspecified atom stereocenters. The van der Waals surface area contributed by atoms with Gasteiger partial charge in [0, 0.05) is 25.0 Å². The predicted molar refractivity (Wildman–Crippen MR) is 67.8 cm³/mol. The summed E-state index contributed by atoms with van der Waals surface area (Å²) in [5.74, 6) is 1.04. The van der Waals surface area contributed by atoms with Crippen LogP contribution in [0, 0.1) is 0 Å². The second-order valence-corrected chi connectivity index (χ2v) is 4.66. The Kier molecular flexibility index (Phi) is 4.57. The van der Waals surface area contributed by atoms with Crippen LogP contribution in [0.15, 0.2) is 12.4 Å². The van der Waals surface area contributed by atoms with E-state index in [-0.39, 0.29) is 0 Å². The number of aryl methyl sites for hydroxylation is 1. The third kappa shape index (κ3) is 3.07. The molecule has 4 nitrogen and oxygen atoms in total.